The first-order valence-electron chi connectivity index (χ1n) is 5.69. The van der Waals surface area contributed by atoms with E-state index in [0.717, 1.165) is 9.88 Å². The lowest BCUT2D eigenvalue weighted by Crippen LogP contribution is -2.25. The van der Waals surface area contributed by atoms with Gasteiger partial charge in [0.1, 0.15) is 0 Å². The fourth-order valence-corrected chi connectivity index (χ4v) is 2.69. The monoisotopic (exact) mass is 295 g/mol. The summed E-state index contributed by atoms with van der Waals surface area (Å²) in [6, 6.07) is 4.91. The lowest BCUT2D eigenvalue weighted by Gasteiger charge is -2.16. The molecule has 0 aliphatic rings. The molecule has 19 heavy (non-hydrogen) atoms. The summed E-state index contributed by atoms with van der Waals surface area (Å²) in [5.74, 6) is -0.0899. The predicted molar refractivity (Wildman–Crippen MR) is 78.5 cm³/mol. The van der Waals surface area contributed by atoms with Gasteiger partial charge in [0.2, 0.25) is 0 Å². The third-order valence-electron chi connectivity index (χ3n) is 2.66. The molecule has 6 heteroatoms. The molecule has 100 valence electrons. The molecule has 0 unspecified atom stereocenters. The molecule has 0 spiro atoms. The van der Waals surface area contributed by atoms with Gasteiger partial charge in [0.25, 0.3) is 5.91 Å². The van der Waals surface area contributed by atoms with Crippen LogP contribution in [0.25, 0.3) is 0 Å². The molecule has 0 aliphatic carbocycles. The van der Waals surface area contributed by atoms with E-state index >= 15 is 0 Å². The van der Waals surface area contributed by atoms with Crippen molar-refractivity contribution in [2.45, 2.75) is 13.5 Å². The zero-order valence-corrected chi connectivity index (χ0v) is 12.3. The van der Waals surface area contributed by atoms with Gasteiger partial charge >= 0.3 is 0 Å². The fraction of sp³-hybridized carbons (Fsp3) is 0.231. The summed E-state index contributed by atoms with van der Waals surface area (Å²) in [5.41, 5.74) is 6.63. The maximum absolute atomic E-state index is 12.2. The van der Waals surface area contributed by atoms with Crippen LogP contribution < -0.4 is 5.73 Å². The number of carbonyl (C=O) groups is 1. The molecule has 0 bridgehead atoms. The Morgan fingerprint density at radius 2 is 2.26 bits per heavy atom. The van der Waals surface area contributed by atoms with Crippen molar-refractivity contribution in [3.05, 3.63) is 44.9 Å². The van der Waals surface area contributed by atoms with Crippen molar-refractivity contribution in [3.8, 4) is 0 Å². The second-order valence-corrected chi connectivity index (χ2v) is 5.97. The van der Waals surface area contributed by atoms with Crippen molar-refractivity contribution in [1.29, 1.82) is 0 Å². The SMILES string of the molecule is Cc1ncc(CN(C)C(=O)c2ccc(N)c(Cl)c2)s1. The van der Waals surface area contributed by atoms with E-state index in [0.29, 0.717) is 22.8 Å². The summed E-state index contributed by atoms with van der Waals surface area (Å²) >= 11 is 7.51. The minimum atomic E-state index is -0.0899. The van der Waals surface area contributed by atoms with Crippen LogP contribution in [0.3, 0.4) is 0 Å². The number of halogens is 1. The summed E-state index contributed by atoms with van der Waals surface area (Å²) in [7, 11) is 1.75. The molecule has 0 saturated carbocycles. The molecule has 2 aromatic rings. The van der Waals surface area contributed by atoms with Crippen LogP contribution in [0.4, 0.5) is 5.69 Å². The zero-order valence-electron chi connectivity index (χ0n) is 10.7. The van der Waals surface area contributed by atoms with Crippen LogP contribution in [-0.2, 0) is 6.54 Å². The minimum absolute atomic E-state index is 0.0899. The first kappa shape index (κ1) is 13.8. The Hall–Kier alpha value is -1.59. The van der Waals surface area contributed by atoms with Crippen molar-refractivity contribution in [2.24, 2.45) is 0 Å². The number of hydrogen-bond donors (Lipinski definition) is 1. The van der Waals surface area contributed by atoms with Crippen LogP contribution in [0.1, 0.15) is 20.2 Å². The first-order chi connectivity index (χ1) is 8.97. The van der Waals surface area contributed by atoms with Crippen molar-refractivity contribution in [2.75, 3.05) is 12.8 Å². The summed E-state index contributed by atoms with van der Waals surface area (Å²) in [4.78, 5) is 19.1. The Labute approximate surface area is 120 Å². The molecule has 4 nitrogen and oxygen atoms in total. The van der Waals surface area contributed by atoms with Gasteiger partial charge in [0.15, 0.2) is 0 Å². The average Bonchev–Trinajstić information content (AvgIpc) is 2.77. The highest BCUT2D eigenvalue weighted by Crippen LogP contribution is 2.21. The highest BCUT2D eigenvalue weighted by molar-refractivity contribution is 7.11. The summed E-state index contributed by atoms with van der Waals surface area (Å²) in [6.45, 7) is 2.47. The van der Waals surface area contributed by atoms with Gasteiger partial charge in [-0.2, -0.15) is 0 Å². The van der Waals surface area contributed by atoms with Crippen LogP contribution in [0, 0.1) is 6.92 Å². The lowest BCUT2D eigenvalue weighted by atomic mass is 10.2. The van der Waals surface area contributed by atoms with Crippen LogP contribution in [0.15, 0.2) is 24.4 Å². The molecular weight excluding hydrogens is 282 g/mol. The molecule has 0 atom stereocenters. The molecule has 0 saturated heterocycles. The van der Waals surface area contributed by atoms with E-state index in [9.17, 15) is 4.79 Å². The number of rotatable bonds is 3. The number of thiazole rings is 1. The molecule has 0 fully saturated rings. The van der Waals surface area contributed by atoms with E-state index in [1.54, 1.807) is 47.7 Å². The van der Waals surface area contributed by atoms with Crippen LogP contribution in [0.2, 0.25) is 5.02 Å². The highest BCUT2D eigenvalue weighted by atomic mass is 35.5. The second-order valence-electron chi connectivity index (χ2n) is 4.24. The molecule has 1 amide bonds. The first-order valence-corrected chi connectivity index (χ1v) is 6.88. The van der Waals surface area contributed by atoms with Crippen molar-refractivity contribution >= 4 is 34.5 Å². The maximum atomic E-state index is 12.2. The molecule has 2 N–H and O–H groups in total. The van der Waals surface area contributed by atoms with E-state index in [-0.39, 0.29) is 5.91 Å². The lowest BCUT2D eigenvalue weighted by molar-refractivity contribution is 0.0786. The molecular formula is C13H14ClN3OS. The van der Waals surface area contributed by atoms with Gasteiger partial charge in [-0.25, -0.2) is 4.98 Å². The van der Waals surface area contributed by atoms with E-state index in [1.807, 2.05) is 6.92 Å². The Morgan fingerprint density at radius 3 is 2.84 bits per heavy atom. The number of carbonyl (C=O) groups excluding carboxylic acids is 1. The maximum Gasteiger partial charge on any atom is 0.253 e. The molecule has 0 radical (unpaired) electrons. The Kier molecular flexibility index (Phi) is 4.07. The number of nitrogens with zero attached hydrogens (tertiary/aromatic N) is 2. The Morgan fingerprint density at radius 1 is 1.53 bits per heavy atom. The van der Waals surface area contributed by atoms with Crippen LogP contribution in [-0.4, -0.2) is 22.8 Å². The third kappa shape index (κ3) is 3.24. The number of anilines is 1. The van der Waals surface area contributed by atoms with Gasteiger partial charge in [0.05, 0.1) is 22.3 Å². The fourth-order valence-electron chi connectivity index (χ4n) is 1.66. The van der Waals surface area contributed by atoms with Crippen LogP contribution >= 0.6 is 22.9 Å². The normalized spacial score (nSPS) is 10.5. The number of amides is 1. The minimum Gasteiger partial charge on any atom is -0.398 e. The number of nitrogen functional groups attached to an aromatic ring is 1. The third-order valence-corrected chi connectivity index (χ3v) is 3.88. The van der Waals surface area contributed by atoms with Gasteiger partial charge in [-0.1, -0.05) is 11.6 Å². The zero-order chi connectivity index (χ0) is 14.0. The quantitative estimate of drug-likeness (QED) is 0.886. The summed E-state index contributed by atoms with van der Waals surface area (Å²) in [5, 5.41) is 1.39. The summed E-state index contributed by atoms with van der Waals surface area (Å²) in [6.07, 6.45) is 1.79. The van der Waals surface area contributed by atoms with E-state index in [4.69, 9.17) is 17.3 Å². The Balaban J connectivity index is 2.12. The van der Waals surface area contributed by atoms with Gasteiger partial charge in [-0.05, 0) is 25.1 Å². The Bertz CT molecular complexity index is 612. The number of hydrogen-bond acceptors (Lipinski definition) is 4. The van der Waals surface area contributed by atoms with Gasteiger partial charge in [0, 0.05) is 23.7 Å². The van der Waals surface area contributed by atoms with Gasteiger partial charge in [-0.3, -0.25) is 4.79 Å². The summed E-state index contributed by atoms with van der Waals surface area (Å²) < 4.78 is 0. The average molecular weight is 296 g/mol. The van der Waals surface area contributed by atoms with Gasteiger partial charge in [-0.15, -0.1) is 11.3 Å². The standard InChI is InChI=1S/C13H14ClN3OS/c1-8-16-6-10(19-8)7-17(2)13(18)9-3-4-12(15)11(14)5-9/h3-6H,7,15H2,1-2H3. The number of aryl methyl sites for hydroxylation is 1. The smallest absolute Gasteiger partial charge is 0.253 e. The number of benzene rings is 1. The molecule has 0 aliphatic heterocycles. The van der Waals surface area contributed by atoms with E-state index < -0.39 is 0 Å². The topological polar surface area (TPSA) is 59.2 Å². The molecule has 1 aromatic heterocycles. The van der Waals surface area contributed by atoms with Crippen molar-refractivity contribution in [1.82, 2.24) is 9.88 Å². The van der Waals surface area contributed by atoms with Crippen molar-refractivity contribution in [3.63, 3.8) is 0 Å². The molecule has 1 heterocycles. The highest BCUT2D eigenvalue weighted by Gasteiger charge is 2.14. The second kappa shape index (κ2) is 5.59. The van der Waals surface area contributed by atoms with E-state index in [2.05, 4.69) is 4.98 Å². The van der Waals surface area contributed by atoms with E-state index in [1.165, 1.54) is 0 Å². The molecule has 1 aromatic carbocycles. The van der Waals surface area contributed by atoms with Crippen molar-refractivity contribution < 1.29 is 4.79 Å². The molecule has 2 rings (SSSR count). The largest absolute Gasteiger partial charge is 0.398 e. The number of aromatic nitrogens is 1. The van der Waals surface area contributed by atoms with Crippen LogP contribution in [0.5, 0.6) is 0 Å². The van der Waals surface area contributed by atoms with Gasteiger partial charge < -0.3 is 10.6 Å². The number of nitrogens with two attached hydrogens (primary N) is 1. The predicted octanol–water partition coefficient (Wildman–Crippen LogP) is 2.96.